The zero-order valence-corrected chi connectivity index (χ0v) is 13.5. The SMILES string of the molecule is CCC1CCC(C(=O)Nc2ccc(-c3ccccn3)nc2)CC1. The van der Waals surface area contributed by atoms with Gasteiger partial charge in [0.05, 0.1) is 23.3 Å². The summed E-state index contributed by atoms with van der Waals surface area (Å²) in [6.07, 6.45) is 9.04. The maximum Gasteiger partial charge on any atom is 0.227 e. The standard InChI is InChI=1S/C19H23N3O/c1-2-14-6-8-15(9-7-14)19(23)22-16-10-11-18(21-13-16)17-5-3-4-12-20-17/h3-5,10-15H,2,6-9H2,1H3,(H,22,23). The van der Waals surface area contributed by atoms with Crippen molar-refractivity contribution in [3.8, 4) is 11.4 Å². The van der Waals surface area contributed by atoms with Crippen LogP contribution in [0, 0.1) is 11.8 Å². The van der Waals surface area contributed by atoms with Crippen LogP contribution in [0.4, 0.5) is 5.69 Å². The summed E-state index contributed by atoms with van der Waals surface area (Å²) in [6, 6.07) is 9.53. The fourth-order valence-corrected chi connectivity index (χ4v) is 3.21. The van der Waals surface area contributed by atoms with E-state index in [-0.39, 0.29) is 11.8 Å². The van der Waals surface area contributed by atoms with Gasteiger partial charge in [0, 0.05) is 12.1 Å². The molecule has 1 aliphatic carbocycles. The van der Waals surface area contributed by atoms with Gasteiger partial charge in [0.1, 0.15) is 0 Å². The second-order valence-corrected chi connectivity index (χ2v) is 6.26. The highest BCUT2D eigenvalue weighted by atomic mass is 16.1. The van der Waals surface area contributed by atoms with Crippen LogP contribution < -0.4 is 5.32 Å². The summed E-state index contributed by atoms with van der Waals surface area (Å²) >= 11 is 0. The van der Waals surface area contributed by atoms with E-state index in [4.69, 9.17) is 0 Å². The number of nitrogens with one attached hydrogen (secondary N) is 1. The van der Waals surface area contributed by atoms with Crippen LogP contribution in [0.25, 0.3) is 11.4 Å². The predicted octanol–water partition coefficient (Wildman–Crippen LogP) is 4.30. The van der Waals surface area contributed by atoms with Crippen molar-refractivity contribution in [2.24, 2.45) is 11.8 Å². The van der Waals surface area contributed by atoms with Crippen molar-refractivity contribution in [2.75, 3.05) is 5.32 Å². The molecule has 0 saturated heterocycles. The Balaban J connectivity index is 1.59. The van der Waals surface area contributed by atoms with Crippen molar-refractivity contribution in [3.05, 3.63) is 42.7 Å². The lowest BCUT2D eigenvalue weighted by atomic mass is 9.80. The topological polar surface area (TPSA) is 54.9 Å². The molecule has 0 atom stereocenters. The summed E-state index contributed by atoms with van der Waals surface area (Å²) in [6.45, 7) is 2.24. The molecular weight excluding hydrogens is 286 g/mol. The van der Waals surface area contributed by atoms with Crippen molar-refractivity contribution in [1.29, 1.82) is 0 Å². The molecule has 2 aromatic rings. The van der Waals surface area contributed by atoms with Crippen molar-refractivity contribution >= 4 is 11.6 Å². The number of carbonyl (C=O) groups is 1. The Labute approximate surface area is 137 Å². The normalized spacial score (nSPS) is 20.9. The predicted molar refractivity (Wildman–Crippen MR) is 91.8 cm³/mol. The molecule has 3 rings (SSSR count). The van der Waals surface area contributed by atoms with Gasteiger partial charge in [-0.15, -0.1) is 0 Å². The summed E-state index contributed by atoms with van der Waals surface area (Å²) in [5.41, 5.74) is 2.41. The number of amides is 1. The molecule has 0 aromatic carbocycles. The monoisotopic (exact) mass is 309 g/mol. The third kappa shape index (κ3) is 3.95. The van der Waals surface area contributed by atoms with E-state index >= 15 is 0 Å². The Kier molecular flexibility index (Phi) is 5.01. The van der Waals surface area contributed by atoms with Gasteiger partial charge in [-0.25, -0.2) is 0 Å². The Morgan fingerprint density at radius 1 is 1.09 bits per heavy atom. The zero-order valence-electron chi connectivity index (χ0n) is 13.5. The fourth-order valence-electron chi connectivity index (χ4n) is 3.21. The smallest absolute Gasteiger partial charge is 0.227 e. The highest BCUT2D eigenvalue weighted by Crippen LogP contribution is 2.31. The van der Waals surface area contributed by atoms with Gasteiger partial charge in [-0.3, -0.25) is 14.8 Å². The van der Waals surface area contributed by atoms with Crippen LogP contribution in [-0.4, -0.2) is 15.9 Å². The van der Waals surface area contributed by atoms with Crippen LogP contribution in [0.1, 0.15) is 39.0 Å². The van der Waals surface area contributed by atoms with Gasteiger partial charge in [0.15, 0.2) is 0 Å². The second-order valence-electron chi connectivity index (χ2n) is 6.26. The number of pyridine rings is 2. The van der Waals surface area contributed by atoms with E-state index in [0.29, 0.717) is 0 Å². The van der Waals surface area contributed by atoms with Crippen LogP contribution >= 0.6 is 0 Å². The number of hydrogen-bond donors (Lipinski definition) is 1. The molecule has 1 saturated carbocycles. The van der Waals surface area contributed by atoms with E-state index in [2.05, 4.69) is 22.2 Å². The first-order chi connectivity index (χ1) is 11.3. The van der Waals surface area contributed by atoms with Crippen molar-refractivity contribution < 1.29 is 4.79 Å². The van der Waals surface area contributed by atoms with Crippen molar-refractivity contribution in [2.45, 2.75) is 39.0 Å². The van der Waals surface area contributed by atoms with Crippen LogP contribution in [0.2, 0.25) is 0 Å². The number of hydrogen-bond acceptors (Lipinski definition) is 3. The molecular formula is C19H23N3O. The number of carbonyl (C=O) groups excluding carboxylic acids is 1. The van der Waals surface area contributed by atoms with E-state index in [9.17, 15) is 4.79 Å². The molecule has 0 radical (unpaired) electrons. The molecule has 23 heavy (non-hydrogen) atoms. The minimum Gasteiger partial charge on any atom is -0.324 e. The summed E-state index contributed by atoms with van der Waals surface area (Å²) < 4.78 is 0. The van der Waals surface area contributed by atoms with Gasteiger partial charge in [-0.2, -0.15) is 0 Å². The molecule has 1 amide bonds. The number of aromatic nitrogens is 2. The van der Waals surface area contributed by atoms with Gasteiger partial charge in [0.2, 0.25) is 5.91 Å². The largest absolute Gasteiger partial charge is 0.324 e. The van der Waals surface area contributed by atoms with Crippen LogP contribution in [0.15, 0.2) is 42.7 Å². The maximum atomic E-state index is 12.4. The van der Waals surface area contributed by atoms with E-state index < -0.39 is 0 Å². The summed E-state index contributed by atoms with van der Waals surface area (Å²) in [5, 5.41) is 3.00. The quantitative estimate of drug-likeness (QED) is 0.916. The molecule has 2 aromatic heterocycles. The molecule has 0 bridgehead atoms. The maximum absolute atomic E-state index is 12.4. The minimum atomic E-state index is 0.131. The first-order valence-electron chi connectivity index (χ1n) is 8.44. The third-order valence-electron chi connectivity index (χ3n) is 4.75. The molecule has 0 unspecified atom stereocenters. The Bertz CT molecular complexity index is 631. The second kappa shape index (κ2) is 7.36. The van der Waals surface area contributed by atoms with E-state index in [1.165, 1.54) is 19.3 Å². The number of nitrogens with zero attached hydrogens (tertiary/aromatic N) is 2. The molecule has 0 aliphatic heterocycles. The lowest BCUT2D eigenvalue weighted by Gasteiger charge is -2.26. The van der Waals surface area contributed by atoms with Crippen LogP contribution in [0.5, 0.6) is 0 Å². The fraction of sp³-hybridized carbons (Fsp3) is 0.421. The Morgan fingerprint density at radius 3 is 2.48 bits per heavy atom. The summed E-state index contributed by atoms with van der Waals surface area (Å²) in [5.74, 6) is 1.08. The molecule has 4 heteroatoms. The van der Waals surface area contributed by atoms with Crippen LogP contribution in [-0.2, 0) is 4.79 Å². The Hall–Kier alpha value is -2.23. The average molecular weight is 309 g/mol. The Morgan fingerprint density at radius 2 is 1.87 bits per heavy atom. The summed E-state index contributed by atoms with van der Waals surface area (Å²) in [4.78, 5) is 21.0. The lowest BCUT2D eigenvalue weighted by molar-refractivity contribution is -0.121. The van der Waals surface area contributed by atoms with E-state index in [0.717, 1.165) is 35.8 Å². The molecule has 4 nitrogen and oxygen atoms in total. The first kappa shape index (κ1) is 15.7. The molecule has 120 valence electrons. The van der Waals surface area contributed by atoms with Gasteiger partial charge in [-0.05, 0) is 55.9 Å². The molecule has 2 heterocycles. The zero-order chi connectivity index (χ0) is 16.1. The molecule has 1 fully saturated rings. The van der Waals surface area contributed by atoms with E-state index in [1.54, 1.807) is 12.4 Å². The molecule has 0 spiro atoms. The number of rotatable bonds is 4. The lowest BCUT2D eigenvalue weighted by Crippen LogP contribution is -2.27. The highest BCUT2D eigenvalue weighted by molar-refractivity contribution is 5.92. The van der Waals surface area contributed by atoms with Gasteiger partial charge < -0.3 is 5.32 Å². The van der Waals surface area contributed by atoms with Gasteiger partial charge in [0.25, 0.3) is 0 Å². The van der Waals surface area contributed by atoms with Gasteiger partial charge in [-0.1, -0.05) is 19.4 Å². The minimum absolute atomic E-state index is 0.131. The third-order valence-corrected chi connectivity index (χ3v) is 4.75. The van der Waals surface area contributed by atoms with Crippen molar-refractivity contribution in [1.82, 2.24) is 9.97 Å². The summed E-state index contributed by atoms with van der Waals surface area (Å²) in [7, 11) is 0. The van der Waals surface area contributed by atoms with E-state index in [1.807, 2.05) is 30.3 Å². The van der Waals surface area contributed by atoms with Crippen LogP contribution in [0.3, 0.4) is 0 Å². The molecule has 1 N–H and O–H groups in total. The van der Waals surface area contributed by atoms with Crippen molar-refractivity contribution in [3.63, 3.8) is 0 Å². The first-order valence-corrected chi connectivity index (χ1v) is 8.44. The molecule has 1 aliphatic rings. The van der Waals surface area contributed by atoms with Gasteiger partial charge >= 0.3 is 0 Å². The number of anilines is 1. The average Bonchev–Trinajstić information content (AvgIpc) is 2.63. The highest BCUT2D eigenvalue weighted by Gasteiger charge is 2.25.